The molecule has 2 N–H and O–H groups in total. The molecule has 4 aliphatic rings. The molecule has 0 aromatic heterocycles. The summed E-state index contributed by atoms with van der Waals surface area (Å²) in [6.07, 6.45) is 6.61. The number of likely N-dealkylation sites (tertiary alicyclic amines) is 1. The first kappa shape index (κ1) is 11.3. The highest BCUT2D eigenvalue weighted by atomic mass is 16.2. The summed E-state index contributed by atoms with van der Waals surface area (Å²) in [7, 11) is 0. The van der Waals surface area contributed by atoms with Gasteiger partial charge in [0.25, 0.3) is 0 Å². The number of piperidine rings is 1. The first-order valence-electron chi connectivity index (χ1n) is 7.78. The molecular weight excluding hydrogens is 224 g/mol. The Balaban J connectivity index is 1.42. The molecule has 1 amide bonds. The maximum atomic E-state index is 12.6. The molecule has 5 unspecified atom stereocenters. The second-order valence-electron chi connectivity index (χ2n) is 7.04. The molecule has 5 atom stereocenters. The molecule has 3 heteroatoms. The van der Waals surface area contributed by atoms with Crippen LogP contribution in [0.1, 0.15) is 32.1 Å². The predicted octanol–water partition coefficient (Wildman–Crippen LogP) is 1.48. The minimum Gasteiger partial charge on any atom is -0.342 e. The van der Waals surface area contributed by atoms with Crippen LogP contribution in [-0.2, 0) is 4.79 Å². The van der Waals surface area contributed by atoms with Crippen molar-refractivity contribution < 1.29 is 4.79 Å². The Morgan fingerprint density at radius 1 is 1.17 bits per heavy atom. The lowest BCUT2D eigenvalue weighted by atomic mass is 9.96. The highest BCUT2D eigenvalue weighted by Gasteiger charge is 2.67. The molecular formula is C15H24N2O. The quantitative estimate of drug-likeness (QED) is 0.804. The van der Waals surface area contributed by atoms with E-state index in [0.29, 0.717) is 17.7 Å². The molecule has 3 aliphatic carbocycles. The molecule has 4 fully saturated rings. The Morgan fingerprint density at radius 3 is 2.56 bits per heavy atom. The van der Waals surface area contributed by atoms with Gasteiger partial charge in [-0.25, -0.2) is 0 Å². The Bertz CT molecular complexity index is 354. The summed E-state index contributed by atoms with van der Waals surface area (Å²) in [6.45, 7) is 2.66. The summed E-state index contributed by atoms with van der Waals surface area (Å²) in [6, 6.07) is 0. The standard InChI is InChI=1S/C15H24N2O/c16-7-9-2-1-5-17(8-9)15(18)14-12-10-3-4-11(6-10)13(12)14/h9-14H,1-8,16H2. The Hall–Kier alpha value is -0.570. The van der Waals surface area contributed by atoms with Gasteiger partial charge >= 0.3 is 0 Å². The van der Waals surface area contributed by atoms with Crippen molar-refractivity contribution in [1.82, 2.24) is 4.90 Å². The molecule has 0 aromatic carbocycles. The number of nitrogens with zero attached hydrogens (tertiary/aromatic N) is 1. The van der Waals surface area contributed by atoms with Gasteiger partial charge in [0, 0.05) is 19.0 Å². The van der Waals surface area contributed by atoms with Gasteiger partial charge < -0.3 is 10.6 Å². The molecule has 2 bridgehead atoms. The first-order chi connectivity index (χ1) is 8.79. The van der Waals surface area contributed by atoms with Crippen molar-refractivity contribution in [3.8, 4) is 0 Å². The fourth-order valence-electron chi connectivity index (χ4n) is 5.32. The zero-order valence-electron chi connectivity index (χ0n) is 11.1. The number of amides is 1. The van der Waals surface area contributed by atoms with E-state index in [9.17, 15) is 4.79 Å². The van der Waals surface area contributed by atoms with Crippen LogP contribution in [0.25, 0.3) is 0 Å². The molecule has 1 aliphatic heterocycles. The van der Waals surface area contributed by atoms with Crippen molar-refractivity contribution in [2.24, 2.45) is 41.2 Å². The predicted molar refractivity (Wildman–Crippen MR) is 69.7 cm³/mol. The third kappa shape index (κ3) is 1.49. The van der Waals surface area contributed by atoms with Crippen LogP contribution in [0.15, 0.2) is 0 Å². The van der Waals surface area contributed by atoms with Crippen molar-refractivity contribution in [2.75, 3.05) is 19.6 Å². The van der Waals surface area contributed by atoms with E-state index in [1.54, 1.807) is 0 Å². The largest absolute Gasteiger partial charge is 0.342 e. The third-order valence-electron chi connectivity index (χ3n) is 6.18. The molecule has 18 heavy (non-hydrogen) atoms. The van der Waals surface area contributed by atoms with Gasteiger partial charge in [-0.1, -0.05) is 0 Å². The summed E-state index contributed by atoms with van der Waals surface area (Å²) >= 11 is 0. The molecule has 100 valence electrons. The van der Waals surface area contributed by atoms with E-state index in [1.807, 2.05) is 0 Å². The van der Waals surface area contributed by atoms with Gasteiger partial charge in [0.2, 0.25) is 5.91 Å². The average molecular weight is 248 g/mol. The molecule has 0 spiro atoms. The molecule has 1 heterocycles. The zero-order valence-corrected chi connectivity index (χ0v) is 11.1. The molecule has 0 aromatic rings. The summed E-state index contributed by atoms with van der Waals surface area (Å²) < 4.78 is 0. The lowest BCUT2D eigenvalue weighted by Crippen LogP contribution is -2.43. The van der Waals surface area contributed by atoms with Crippen molar-refractivity contribution in [1.29, 1.82) is 0 Å². The van der Waals surface area contributed by atoms with E-state index in [-0.39, 0.29) is 0 Å². The Labute approximate surface area is 109 Å². The van der Waals surface area contributed by atoms with E-state index in [0.717, 1.165) is 49.7 Å². The highest BCUT2D eigenvalue weighted by Crippen LogP contribution is 2.69. The van der Waals surface area contributed by atoms with Crippen LogP contribution in [0.4, 0.5) is 0 Å². The van der Waals surface area contributed by atoms with Crippen LogP contribution < -0.4 is 5.73 Å². The third-order valence-corrected chi connectivity index (χ3v) is 6.18. The smallest absolute Gasteiger partial charge is 0.226 e. The van der Waals surface area contributed by atoms with Crippen molar-refractivity contribution in [3.63, 3.8) is 0 Å². The summed E-state index contributed by atoms with van der Waals surface area (Å²) in [5.74, 6) is 4.85. The maximum Gasteiger partial charge on any atom is 0.226 e. The maximum absolute atomic E-state index is 12.6. The van der Waals surface area contributed by atoms with E-state index >= 15 is 0 Å². The summed E-state index contributed by atoms with van der Waals surface area (Å²) in [4.78, 5) is 14.8. The van der Waals surface area contributed by atoms with Crippen LogP contribution >= 0.6 is 0 Å². The number of hydrogen-bond acceptors (Lipinski definition) is 2. The average Bonchev–Trinajstić information content (AvgIpc) is 2.85. The van der Waals surface area contributed by atoms with E-state index in [1.165, 1.54) is 25.7 Å². The Kier molecular flexibility index (Phi) is 2.48. The van der Waals surface area contributed by atoms with E-state index in [2.05, 4.69) is 4.90 Å². The topological polar surface area (TPSA) is 46.3 Å². The van der Waals surface area contributed by atoms with Gasteiger partial charge in [-0.05, 0) is 68.2 Å². The number of hydrogen-bond donors (Lipinski definition) is 1. The molecule has 3 nitrogen and oxygen atoms in total. The van der Waals surface area contributed by atoms with E-state index < -0.39 is 0 Å². The van der Waals surface area contributed by atoms with Crippen molar-refractivity contribution >= 4 is 5.91 Å². The van der Waals surface area contributed by atoms with Gasteiger partial charge in [-0.2, -0.15) is 0 Å². The number of carbonyl (C=O) groups excluding carboxylic acids is 1. The minimum absolute atomic E-state index is 0.424. The van der Waals surface area contributed by atoms with Gasteiger partial charge in [0.05, 0.1) is 0 Å². The first-order valence-corrected chi connectivity index (χ1v) is 7.78. The molecule has 1 saturated heterocycles. The zero-order chi connectivity index (χ0) is 12.3. The van der Waals surface area contributed by atoms with Crippen molar-refractivity contribution in [3.05, 3.63) is 0 Å². The second kappa shape index (κ2) is 3.96. The number of carbonyl (C=O) groups is 1. The number of fused-ring (bicyclic) bond motifs is 5. The fraction of sp³-hybridized carbons (Fsp3) is 0.933. The molecule has 0 radical (unpaired) electrons. The number of rotatable bonds is 2. The van der Waals surface area contributed by atoms with Crippen molar-refractivity contribution in [2.45, 2.75) is 32.1 Å². The van der Waals surface area contributed by atoms with Crippen LogP contribution in [0.3, 0.4) is 0 Å². The number of nitrogens with two attached hydrogens (primary N) is 1. The van der Waals surface area contributed by atoms with E-state index in [4.69, 9.17) is 5.73 Å². The van der Waals surface area contributed by atoms with Crippen LogP contribution in [0.2, 0.25) is 0 Å². The fourth-order valence-corrected chi connectivity index (χ4v) is 5.32. The van der Waals surface area contributed by atoms with Gasteiger partial charge in [0.15, 0.2) is 0 Å². The van der Waals surface area contributed by atoms with Crippen LogP contribution in [0, 0.1) is 35.5 Å². The normalized spacial score (nSPS) is 49.3. The highest BCUT2D eigenvalue weighted by molar-refractivity contribution is 5.83. The Morgan fingerprint density at radius 2 is 1.89 bits per heavy atom. The van der Waals surface area contributed by atoms with Gasteiger partial charge in [-0.15, -0.1) is 0 Å². The van der Waals surface area contributed by atoms with Crippen LogP contribution in [-0.4, -0.2) is 30.4 Å². The SMILES string of the molecule is NCC1CCCN(C(=O)C2C3C4CCC(C4)C23)C1. The summed E-state index contributed by atoms with van der Waals surface area (Å²) in [5, 5.41) is 0. The molecule has 3 saturated carbocycles. The molecule has 4 rings (SSSR count). The van der Waals surface area contributed by atoms with Crippen LogP contribution in [0.5, 0.6) is 0 Å². The monoisotopic (exact) mass is 248 g/mol. The second-order valence-corrected chi connectivity index (χ2v) is 7.04. The lowest BCUT2D eigenvalue weighted by molar-refractivity contribution is -0.135. The van der Waals surface area contributed by atoms with Gasteiger partial charge in [-0.3, -0.25) is 4.79 Å². The van der Waals surface area contributed by atoms with Gasteiger partial charge in [0.1, 0.15) is 0 Å². The summed E-state index contributed by atoms with van der Waals surface area (Å²) in [5.41, 5.74) is 5.77. The minimum atomic E-state index is 0.424. The lowest BCUT2D eigenvalue weighted by Gasteiger charge is -2.33.